The molecule has 0 spiro atoms. The molecule has 17 heavy (non-hydrogen) atoms. The highest BCUT2D eigenvalue weighted by Gasteiger charge is 2.19. The molecular formula is C14H21NO2. The Morgan fingerprint density at radius 3 is 2.65 bits per heavy atom. The summed E-state index contributed by atoms with van der Waals surface area (Å²) < 4.78 is 10.7. The number of rotatable bonds is 8. The van der Waals surface area contributed by atoms with Gasteiger partial charge in [-0.15, -0.1) is 0 Å². The molecule has 1 aliphatic carbocycles. The normalized spacial score (nSPS) is 14.9. The lowest BCUT2D eigenvalue weighted by Gasteiger charge is -2.06. The standard InChI is InChI=1S/C14H21NO2/c1-16-14-7-3-12(4-8-14)11-17-10-2-9-15-13-5-6-13/h3-4,7-8,13,15H,2,5-6,9-11H2,1H3. The molecule has 0 saturated heterocycles. The Morgan fingerprint density at radius 2 is 2.00 bits per heavy atom. The number of methoxy groups -OCH3 is 1. The Hall–Kier alpha value is -1.06. The molecule has 0 radical (unpaired) electrons. The van der Waals surface area contributed by atoms with E-state index in [0.29, 0.717) is 6.61 Å². The molecular weight excluding hydrogens is 214 g/mol. The molecule has 1 saturated carbocycles. The SMILES string of the molecule is COc1ccc(COCCCNC2CC2)cc1. The van der Waals surface area contributed by atoms with Gasteiger partial charge in [-0.3, -0.25) is 0 Å². The van der Waals surface area contributed by atoms with Gasteiger partial charge < -0.3 is 14.8 Å². The summed E-state index contributed by atoms with van der Waals surface area (Å²) in [4.78, 5) is 0. The number of hydrogen-bond donors (Lipinski definition) is 1. The predicted octanol–water partition coefficient (Wildman–Crippen LogP) is 2.35. The first-order valence-corrected chi connectivity index (χ1v) is 6.32. The summed E-state index contributed by atoms with van der Waals surface area (Å²) in [5, 5.41) is 3.47. The van der Waals surface area contributed by atoms with E-state index in [1.54, 1.807) is 7.11 Å². The highest BCUT2D eigenvalue weighted by Crippen LogP contribution is 2.18. The summed E-state index contributed by atoms with van der Waals surface area (Å²) in [7, 11) is 1.68. The van der Waals surface area contributed by atoms with Crippen LogP contribution >= 0.6 is 0 Å². The van der Waals surface area contributed by atoms with Crippen LogP contribution in [0.25, 0.3) is 0 Å². The molecule has 2 rings (SSSR count). The van der Waals surface area contributed by atoms with Crippen molar-refractivity contribution >= 4 is 0 Å². The topological polar surface area (TPSA) is 30.5 Å². The lowest BCUT2D eigenvalue weighted by atomic mass is 10.2. The third kappa shape index (κ3) is 4.75. The van der Waals surface area contributed by atoms with Crippen molar-refractivity contribution in [1.82, 2.24) is 5.32 Å². The van der Waals surface area contributed by atoms with E-state index in [0.717, 1.165) is 31.4 Å². The molecule has 0 unspecified atom stereocenters. The van der Waals surface area contributed by atoms with Crippen LogP contribution in [0.4, 0.5) is 0 Å². The van der Waals surface area contributed by atoms with E-state index in [-0.39, 0.29) is 0 Å². The summed E-state index contributed by atoms with van der Waals surface area (Å²) in [6.07, 6.45) is 3.80. The van der Waals surface area contributed by atoms with Gasteiger partial charge in [-0.05, 0) is 43.5 Å². The van der Waals surface area contributed by atoms with Gasteiger partial charge in [0.05, 0.1) is 13.7 Å². The number of hydrogen-bond acceptors (Lipinski definition) is 3. The molecule has 0 bridgehead atoms. The van der Waals surface area contributed by atoms with Gasteiger partial charge in [-0.25, -0.2) is 0 Å². The Morgan fingerprint density at radius 1 is 1.24 bits per heavy atom. The summed E-state index contributed by atoms with van der Waals surface area (Å²) in [6, 6.07) is 8.82. The minimum absolute atomic E-state index is 0.688. The van der Waals surface area contributed by atoms with E-state index in [9.17, 15) is 0 Å². The Bertz CT molecular complexity index is 319. The first-order chi connectivity index (χ1) is 8.38. The highest BCUT2D eigenvalue weighted by molar-refractivity contribution is 5.26. The Balaban J connectivity index is 1.53. The Labute approximate surface area is 103 Å². The van der Waals surface area contributed by atoms with Crippen molar-refractivity contribution in [3.63, 3.8) is 0 Å². The fraction of sp³-hybridized carbons (Fsp3) is 0.571. The molecule has 0 atom stereocenters. The summed E-state index contributed by atoms with van der Waals surface area (Å²) in [5.74, 6) is 0.891. The van der Waals surface area contributed by atoms with E-state index < -0.39 is 0 Å². The van der Waals surface area contributed by atoms with Gasteiger partial charge in [0.15, 0.2) is 0 Å². The summed E-state index contributed by atoms with van der Waals surface area (Å²) >= 11 is 0. The molecule has 94 valence electrons. The van der Waals surface area contributed by atoms with Gasteiger partial charge in [0, 0.05) is 12.6 Å². The van der Waals surface area contributed by atoms with Crippen molar-refractivity contribution in [2.45, 2.75) is 31.9 Å². The van der Waals surface area contributed by atoms with Crippen LogP contribution in [0.15, 0.2) is 24.3 Å². The lowest BCUT2D eigenvalue weighted by Crippen LogP contribution is -2.18. The Kier molecular flexibility index (Phi) is 4.83. The zero-order valence-corrected chi connectivity index (χ0v) is 10.4. The smallest absolute Gasteiger partial charge is 0.118 e. The minimum Gasteiger partial charge on any atom is -0.497 e. The molecule has 0 amide bonds. The van der Waals surface area contributed by atoms with Gasteiger partial charge in [-0.2, -0.15) is 0 Å². The third-order valence-corrected chi connectivity index (χ3v) is 2.90. The molecule has 1 aromatic rings. The molecule has 1 aliphatic rings. The second kappa shape index (κ2) is 6.62. The van der Waals surface area contributed by atoms with Crippen molar-refractivity contribution in [3.05, 3.63) is 29.8 Å². The average molecular weight is 235 g/mol. The van der Waals surface area contributed by atoms with Crippen molar-refractivity contribution in [3.8, 4) is 5.75 Å². The van der Waals surface area contributed by atoms with E-state index in [1.807, 2.05) is 24.3 Å². The van der Waals surface area contributed by atoms with E-state index in [2.05, 4.69) is 5.32 Å². The molecule has 3 heteroatoms. The van der Waals surface area contributed by atoms with Crippen LogP contribution in [0.5, 0.6) is 5.75 Å². The maximum Gasteiger partial charge on any atom is 0.118 e. The van der Waals surface area contributed by atoms with Crippen molar-refractivity contribution in [1.29, 1.82) is 0 Å². The minimum atomic E-state index is 0.688. The second-order valence-electron chi connectivity index (χ2n) is 4.48. The molecule has 0 aromatic heterocycles. The fourth-order valence-corrected chi connectivity index (χ4v) is 1.68. The van der Waals surface area contributed by atoms with Crippen LogP contribution < -0.4 is 10.1 Å². The summed E-state index contributed by atoms with van der Waals surface area (Å²) in [6.45, 7) is 2.59. The van der Waals surface area contributed by atoms with Crippen molar-refractivity contribution in [2.75, 3.05) is 20.3 Å². The van der Waals surface area contributed by atoms with E-state index in [1.165, 1.54) is 18.4 Å². The van der Waals surface area contributed by atoms with E-state index >= 15 is 0 Å². The highest BCUT2D eigenvalue weighted by atomic mass is 16.5. The molecule has 0 heterocycles. The fourth-order valence-electron chi connectivity index (χ4n) is 1.68. The third-order valence-electron chi connectivity index (χ3n) is 2.90. The zero-order chi connectivity index (χ0) is 11.9. The van der Waals surface area contributed by atoms with E-state index in [4.69, 9.17) is 9.47 Å². The average Bonchev–Trinajstić information content (AvgIpc) is 3.18. The van der Waals surface area contributed by atoms with Crippen LogP contribution in [-0.2, 0) is 11.3 Å². The van der Waals surface area contributed by atoms with Crippen LogP contribution in [0.2, 0.25) is 0 Å². The quantitative estimate of drug-likeness (QED) is 0.702. The molecule has 1 aromatic carbocycles. The van der Waals surface area contributed by atoms with Gasteiger partial charge >= 0.3 is 0 Å². The van der Waals surface area contributed by atoms with Crippen LogP contribution in [-0.4, -0.2) is 26.3 Å². The maximum atomic E-state index is 5.61. The van der Waals surface area contributed by atoms with Gasteiger partial charge in [0.1, 0.15) is 5.75 Å². The second-order valence-corrected chi connectivity index (χ2v) is 4.48. The number of nitrogens with one attached hydrogen (secondary N) is 1. The molecule has 1 N–H and O–H groups in total. The van der Waals surface area contributed by atoms with Crippen LogP contribution in [0, 0.1) is 0 Å². The lowest BCUT2D eigenvalue weighted by molar-refractivity contribution is 0.118. The van der Waals surface area contributed by atoms with Crippen LogP contribution in [0.3, 0.4) is 0 Å². The van der Waals surface area contributed by atoms with Gasteiger partial charge in [0.2, 0.25) is 0 Å². The van der Waals surface area contributed by atoms with Gasteiger partial charge in [0.25, 0.3) is 0 Å². The van der Waals surface area contributed by atoms with Crippen molar-refractivity contribution < 1.29 is 9.47 Å². The molecule has 1 fully saturated rings. The molecule has 3 nitrogen and oxygen atoms in total. The largest absolute Gasteiger partial charge is 0.497 e. The number of ether oxygens (including phenoxy) is 2. The zero-order valence-electron chi connectivity index (χ0n) is 10.4. The number of benzene rings is 1. The molecule has 0 aliphatic heterocycles. The predicted molar refractivity (Wildman–Crippen MR) is 68.3 cm³/mol. The first kappa shape index (κ1) is 12.4. The first-order valence-electron chi connectivity index (χ1n) is 6.32. The van der Waals surface area contributed by atoms with Crippen molar-refractivity contribution in [2.24, 2.45) is 0 Å². The van der Waals surface area contributed by atoms with Gasteiger partial charge in [-0.1, -0.05) is 12.1 Å². The summed E-state index contributed by atoms with van der Waals surface area (Å²) in [5.41, 5.74) is 1.20. The van der Waals surface area contributed by atoms with Crippen LogP contribution in [0.1, 0.15) is 24.8 Å². The maximum absolute atomic E-state index is 5.61. The monoisotopic (exact) mass is 235 g/mol.